The number of nitrogens with zero attached hydrogens (tertiary/aromatic N) is 2. The maximum Gasteiger partial charge on any atom is 0.223 e. The zero-order valence-corrected chi connectivity index (χ0v) is 14.3. The molecular weight excluding hydrogens is 292 g/mol. The smallest absolute Gasteiger partial charge is 0.223 e. The van der Waals surface area contributed by atoms with E-state index in [9.17, 15) is 4.79 Å². The maximum absolute atomic E-state index is 13.0. The number of carbonyl (C=O) groups is 1. The van der Waals surface area contributed by atoms with E-state index in [0.29, 0.717) is 11.8 Å². The van der Waals surface area contributed by atoms with Crippen molar-refractivity contribution in [2.24, 2.45) is 17.8 Å². The number of aryl methyl sites for hydroxylation is 1. The minimum Gasteiger partial charge on any atom is -0.333 e. The van der Waals surface area contributed by atoms with E-state index in [0.717, 1.165) is 48.3 Å². The molecule has 1 saturated heterocycles. The fourth-order valence-corrected chi connectivity index (χ4v) is 5.04. The Kier molecular flexibility index (Phi) is 3.97. The van der Waals surface area contributed by atoms with Gasteiger partial charge in [-0.15, -0.1) is 11.3 Å². The van der Waals surface area contributed by atoms with Gasteiger partial charge in [0.2, 0.25) is 5.91 Å². The topological polar surface area (TPSA) is 33.2 Å². The van der Waals surface area contributed by atoms with Crippen LogP contribution in [0.2, 0.25) is 0 Å². The number of piperidine rings is 1. The van der Waals surface area contributed by atoms with Crippen molar-refractivity contribution in [1.29, 1.82) is 0 Å². The van der Waals surface area contributed by atoms with Gasteiger partial charge in [0.15, 0.2) is 0 Å². The van der Waals surface area contributed by atoms with Gasteiger partial charge in [-0.2, -0.15) is 0 Å². The lowest BCUT2D eigenvalue weighted by Crippen LogP contribution is -2.39. The highest BCUT2D eigenvalue weighted by Crippen LogP contribution is 2.51. The first-order valence-electron chi connectivity index (χ1n) is 8.94. The van der Waals surface area contributed by atoms with Crippen LogP contribution in [0, 0.1) is 24.7 Å². The molecule has 3 fully saturated rings. The molecule has 120 valence electrons. The first-order valence-corrected chi connectivity index (χ1v) is 9.82. The van der Waals surface area contributed by atoms with Gasteiger partial charge in [-0.25, -0.2) is 4.98 Å². The van der Waals surface area contributed by atoms with Crippen molar-refractivity contribution in [3.05, 3.63) is 16.1 Å². The predicted octanol–water partition coefficient (Wildman–Crippen LogP) is 4.33. The number of aromatic nitrogens is 1. The van der Waals surface area contributed by atoms with E-state index in [1.54, 1.807) is 11.3 Å². The van der Waals surface area contributed by atoms with Crippen LogP contribution in [-0.4, -0.2) is 22.3 Å². The van der Waals surface area contributed by atoms with Crippen molar-refractivity contribution in [2.75, 3.05) is 6.54 Å². The van der Waals surface area contributed by atoms with Crippen LogP contribution in [0.3, 0.4) is 0 Å². The molecule has 0 unspecified atom stereocenters. The minimum absolute atomic E-state index is 0.249. The molecule has 1 aromatic heterocycles. The maximum atomic E-state index is 13.0. The van der Waals surface area contributed by atoms with Gasteiger partial charge in [-0.05, 0) is 69.6 Å². The fourth-order valence-electron chi connectivity index (χ4n) is 4.10. The molecule has 4 heteroatoms. The van der Waals surface area contributed by atoms with Crippen LogP contribution < -0.4 is 0 Å². The number of amides is 1. The van der Waals surface area contributed by atoms with E-state index < -0.39 is 0 Å². The van der Waals surface area contributed by atoms with Gasteiger partial charge in [-0.1, -0.05) is 0 Å². The van der Waals surface area contributed by atoms with Gasteiger partial charge in [0.1, 0.15) is 5.01 Å². The average Bonchev–Trinajstić information content (AvgIpc) is 3.44. The molecule has 2 heterocycles. The van der Waals surface area contributed by atoms with Gasteiger partial charge in [0.25, 0.3) is 0 Å². The summed E-state index contributed by atoms with van der Waals surface area (Å²) in [7, 11) is 0. The molecular formula is C18H26N2OS. The molecule has 1 aliphatic heterocycles. The number of rotatable bonds is 5. The van der Waals surface area contributed by atoms with E-state index in [1.807, 2.05) is 6.92 Å². The molecule has 1 aromatic rings. The number of likely N-dealkylation sites (tertiary alicyclic amines) is 1. The van der Waals surface area contributed by atoms with E-state index >= 15 is 0 Å². The number of hydrogen-bond acceptors (Lipinski definition) is 3. The molecule has 22 heavy (non-hydrogen) atoms. The SMILES string of the molecule is Cc1csc([C@H]2CCCCN2C(=O)CC(C2CC2)C2CC2)n1. The summed E-state index contributed by atoms with van der Waals surface area (Å²) in [5.74, 6) is 2.82. The average molecular weight is 318 g/mol. The molecule has 0 bridgehead atoms. The van der Waals surface area contributed by atoms with E-state index in [2.05, 4.69) is 15.3 Å². The van der Waals surface area contributed by atoms with Crippen LogP contribution in [0.5, 0.6) is 0 Å². The molecule has 0 N–H and O–H groups in total. The normalized spacial score (nSPS) is 25.7. The van der Waals surface area contributed by atoms with Crippen LogP contribution in [0.1, 0.15) is 68.1 Å². The van der Waals surface area contributed by atoms with Crippen molar-refractivity contribution in [2.45, 2.75) is 64.3 Å². The summed E-state index contributed by atoms with van der Waals surface area (Å²) in [6, 6.07) is 0.249. The highest BCUT2D eigenvalue weighted by atomic mass is 32.1. The first kappa shape index (κ1) is 14.7. The quantitative estimate of drug-likeness (QED) is 0.809. The third-order valence-electron chi connectivity index (χ3n) is 5.61. The Morgan fingerprint density at radius 3 is 2.59 bits per heavy atom. The number of carbonyl (C=O) groups excluding carboxylic acids is 1. The van der Waals surface area contributed by atoms with Crippen molar-refractivity contribution in [1.82, 2.24) is 9.88 Å². The second-order valence-corrected chi connectivity index (χ2v) is 8.36. The van der Waals surface area contributed by atoms with E-state index in [-0.39, 0.29) is 6.04 Å². The zero-order chi connectivity index (χ0) is 15.1. The summed E-state index contributed by atoms with van der Waals surface area (Å²) >= 11 is 1.73. The van der Waals surface area contributed by atoms with Crippen LogP contribution in [-0.2, 0) is 4.79 Å². The van der Waals surface area contributed by atoms with Gasteiger partial charge >= 0.3 is 0 Å². The molecule has 0 radical (unpaired) electrons. The van der Waals surface area contributed by atoms with Crippen LogP contribution in [0.25, 0.3) is 0 Å². The van der Waals surface area contributed by atoms with E-state index in [4.69, 9.17) is 0 Å². The molecule has 4 rings (SSSR count). The van der Waals surface area contributed by atoms with Gasteiger partial charge < -0.3 is 4.90 Å². The Balaban J connectivity index is 1.47. The molecule has 3 aliphatic rings. The summed E-state index contributed by atoms with van der Waals surface area (Å²) in [6.45, 7) is 2.98. The Morgan fingerprint density at radius 2 is 2.00 bits per heavy atom. The molecule has 1 amide bonds. The molecule has 2 saturated carbocycles. The van der Waals surface area contributed by atoms with Crippen LogP contribution in [0.15, 0.2) is 5.38 Å². The number of hydrogen-bond donors (Lipinski definition) is 0. The lowest BCUT2D eigenvalue weighted by molar-refractivity contribution is -0.136. The third kappa shape index (κ3) is 3.08. The summed E-state index contributed by atoms with van der Waals surface area (Å²) in [5, 5.41) is 3.27. The van der Waals surface area contributed by atoms with Gasteiger partial charge in [0.05, 0.1) is 6.04 Å². The Labute approximate surface area is 137 Å². The van der Waals surface area contributed by atoms with Gasteiger partial charge in [0, 0.05) is 24.0 Å². The molecule has 1 atom stereocenters. The van der Waals surface area contributed by atoms with Crippen molar-refractivity contribution >= 4 is 17.2 Å². The van der Waals surface area contributed by atoms with Crippen LogP contribution >= 0.6 is 11.3 Å². The standard InChI is InChI=1S/C18H26N2OS/c1-12-11-22-18(19-12)16-4-2-3-9-20(16)17(21)10-15(13-5-6-13)14-7-8-14/h11,13-16H,2-10H2,1H3/t16-/m1/s1. The highest BCUT2D eigenvalue weighted by molar-refractivity contribution is 7.09. The molecule has 0 spiro atoms. The summed E-state index contributed by atoms with van der Waals surface area (Å²) in [6.07, 6.45) is 9.73. The largest absolute Gasteiger partial charge is 0.333 e. The van der Waals surface area contributed by atoms with Gasteiger partial charge in [-0.3, -0.25) is 4.79 Å². The highest BCUT2D eigenvalue weighted by Gasteiger charge is 2.43. The Hall–Kier alpha value is -0.900. The summed E-state index contributed by atoms with van der Waals surface area (Å²) in [5.41, 5.74) is 1.09. The van der Waals surface area contributed by atoms with Crippen molar-refractivity contribution in [3.8, 4) is 0 Å². The van der Waals surface area contributed by atoms with Crippen molar-refractivity contribution < 1.29 is 4.79 Å². The molecule has 2 aliphatic carbocycles. The minimum atomic E-state index is 0.249. The lowest BCUT2D eigenvalue weighted by atomic mass is 9.92. The van der Waals surface area contributed by atoms with Crippen molar-refractivity contribution in [3.63, 3.8) is 0 Å². The Bertz CT molecular complexity index is 535. The molecule has 3 nitrogen and oxygen atoms in total. The second-order valence-electron chi connectivity index (χ2n) is 7.47. The summed E-state index contributed by atoms with van der Waals surface area (Å²) < 4.78 is 0. The first-order chi connectivity index (χ1) is 10.7. The second kappa shape index (κ2) is 5.95. The summed E-state index contributed by atoms with van der Waals surface area (Å²) in [4.78, 5) is 19.8. The fraction of sp³-hybridized carbons (Fsp3) is 0.778. The predicted molar refractivity (Wildman–Crippen MR) is 88.7 cm³/mol. The lowest BCUT2D eigenvalue weighted by Gasteiger charge is -2.35. The third-order valence-corrected chi connectivity index (χ3v) is 6.67. The number of thiazole rings is 1. The van der Waals surface area contributed by atoms with E-state index in [1.165, 1.54) is 32.1 Å². The monoisotopic (exact) mass is 318 g/mol. The Morgan fingerprint density at radius 1 is 1.27 bits per heavy atom. The van der Waals surface area contributed by atoms with Crippen LogP contribution in [0.4, 0.5) is 0 Å². The molecule has 0 aromatic carbocycles. The zero-order valence-electron chi connectivity index (χ0n) is 13.5.